The molecule has 0 saturated heterocycles. The number of carbonyl (C=O) groups excluding carboxylic acids is 2. The summed E-state index contributed by atoms with van der Waals surface area (Å²) in [7, 11) is 0. The molecule has 1 atom stereocenters. The fraction of sp³-hybridized carbons (Fsp3) is 0.636. The Morgan fingerprint density at radius 3 is 2.68 bits per heavy atom. The molecule has 19 heavy (non-hydrogen) atoms. The van der Waals surface area contributed by atoms with E-state index in [2.05, 4.69) is 5.16 Å². The summed E-state index contributed by atoms with van der Waals surface area (Å²) in [4.78, 5) is 39.8. The smallest absolute Gasteiger partial charge is 0.353 e. The van der Waals surface area contributed by atoms with Crippen molar-refractivity contribution in [2.24, 2.45) is 10.9 Å². The van der Waals surface area contributed by atoms with E-state index in [4.69, 9.17) is 15.7 Å². The first-order valence-electron chi connectivity index (χ1n) is 5.98. The number of unbranched alkanes of at least 4 members (excludes halogenated alkanes) is 1. The molecule has 0 aromatic heterocycles. The fourth-order valence-corrected chi connectivity index (χ4v) is 1.64. The molecule has 1 rings (SSSR count). The van der Waals surface area contributed by atoms with Gasteiger partial charge >= 0.3 is 5.97 Å². The van der Waals surface area contributed by atoms with Gasteiger partial charge in [0.05, 0.1) is 6.54 Å². The van der Waals surface area contributed by atoms with Crippen LogP contribution in [0, 0.1) is 0 Å². The lowest BCUT2D eigenvalue weighted by Crippen LogP contribution is -2.44. The lowest BCUT2D eigenvalue weighted by Gasteiger charge is -2.22. The van der Waals surface area contributed by atoms with Gasteiger partial charge in [-0.1, -0.05) is 18.5 Å². The zero-order valence-electron chi connectivity index (χ0n) is 10.7. The van der Waals surface area contributed by atoms with Crippen molar-refractivity contribution in [1.82, 2.24) is 4.90 Å². The van der Waals surface area contributed by atoms with E-state index in [0.29, 0.717) is 6.54 Å². The number of oxime groups is 1. The van der Waals surface area contributed by atoms with Gasteiger partial charge < -0.3 is 20.6 Å². The normalized spacial score (nSPS) is 17.5. The molecular weight excluding hydrogens is 254 g/mol. The third-order valence-corrected chi connectivity index (χ3v) is 2.63. The molecule has 1 aliphatic rings. The van der Waals surface area contributed by atoms with Crippen molar-refractivity contribution in [2.45, 2.75) is 32.3 Å². The summed E-state index contributed by atoms with van der Waals surface area (Å²) in [5.41, 5.74) is 4.88. The highest BCUT2D eigenvalue weighted by Gasteiger charge is 2.34. The van der Waals surface area contributed by atoms with Crippen molar-refractivity contribution >= 4 is 23.5 Å². The zero-order valence-corrected chi connectivity index (χ0v) is 10.7. The first-order chi connectivity index (χ1) is 8.95. The third kappa shape index (κ3) is 4.23. The number of carboxylic acid groups (broad SMARTS) is 1. The van der Waals surface area contributed by atoms with Crippen molar-refractivity contribution in [2.75, 3.05) is 13.1 Å². The average Bonchev–Trinajstić information content (AvgIpc) is 2.82. The van der Waals surface area contributed by atoms with Gasteiger partial charge in [0.25, 0.3) is 5.91 Å². The predicted molar refractivity (Wildman–Crippen MR) is 65.2 cm³/mol. The monoisotopic (exact) mass is 271 g/mol. The van der Waals surface area contributed by atoms with Gasteiger partial charge in [0.1, 0.15) is 0 Å². The van der Waals surface area contributed by atoms with Crippen molar-refractivity contribution in [3.63, 3.8) is 0 Å². The van der Waals surface area contributed by atoms with Crippen LogP contribution in [0.5, 0.6) is 0 Å². The first-order valence-corrected chi connectivity index (χ1v) is 5.98. The van der Waals surface area contributed by atoms with Crippen molar-refractivity contribution < 1.29 is 24.3 Å². The molecule has 8 nitrogen and oxygen atoms in total. The molecule has 0 spiro atoms. The first kappa shape index (κ1) is 14.9. The summed E-state index contributed by atoms with van der Waals surface area (Å²) < 4.78 is 0. The third-order valence-electron chi connectivity index (χ3n) is 2.63. The maximum absolute atomic E-state index is 12.1. The Hall–Kier alpha value is -2.12. The minimum Gasteiger partial charge on any atom is -0.477 e. The minimum absolute atomic E-state index is 0.102. The van der Waals surface area contributed by atoms with Crippen LogP contribution < -0.4 is 5.73 Å². The maximum atomic E-state index is 12.1. The molecule has 0 aromatic rings. The van der Waals surface area contributed by atoms with Crippen molar-refractivity contribution in [3.8, 4) is 0 Å². The van der Waals surface area contributed by atoms with Gasteiger partial charge in [-0.3, -0.25) is 9.59 Å². The minimum atomic E-state index is -1.22. The Morgan fingerprint density at radius 2 is 2.21 bits per heavy atom. The Kier molecular flexibility index (Phi) is 5.28. The van der Waals surface area contributed by atoms with E-state index in [-0.39, 0.29) is 18.7 Å². The summed E-state index contributed by atoms with van der Waals surface area (Å²) in [5.74, 6) is -2.31. The Labute approximate surface area is 110 Å². The Bertz CT molecular complexity index is 407. The van der Waals surface area contributed by atoms with Gasteiger partial charge in [0.2, 0.25) is 12.0 Å². The second-order valence-corrected chi connectivity index (χ2v) is 4.22. The van der Waals surface area contributed by atoms with Crippen LogP contribution in [0.3, 0.4) is 0 Å². The van der Waals surface area contributed by atoms with Crippen LogP contribution >= 0.6 is 0 Å². The number of carboxylic acids is 1. The SMILES string of the molecule is CCCCN(CC(N)=O)C(=O)C1CC(C(=O)O)=NO1. The number of carbonyl (C=O) groups is 3. The lowest BCUT2D eigenvalue weighted by atomic mass is 10.1. The van der Waals surface area contributed by atoms with E-state index < -0.39 is 23.9 Å². The number of rotatable bonds is 7. The van der Waals surface area contributed by atoms with Crippen LogP contribution in [-0.2, 0) is 19.2 Å². The van der Waals surface area contributed by atoms with Gasteiger partial charge in [0.15, 0.2) is 5.71 Å². The standard InChI is InChI=1S/C11H17N3O5/c1-2-3-4-14(6-9(12)15)10(16)8-5-7(11(17)18)13-19-8/h8H,2-6H2,1H3,(H2,12,15)(H,17,18). The molecule has 0 radical (unpaired) electrons. The molecule has 0 aliphatic carbocycles. The highest BCUT2D eigenvalue weighted by atomic mass is 16.6. The van der Waals surface area contributed by atoms with Gasteiger partial charge in [-0.15, -0.1) is 0 Å². The number of nitrogens with zero attached hydrogens (tertiary/aromatic N) is 2. The van der Waals surface area contributed by atoms with Crippen molar-refractivity contribution in [1.29, 1.82) is 0 Å². The molecule has 2 amide bonds. The van der Waals surface area contributed by atoms with Crippen LogP contribution in [0.2, 0.25) is 0 Å². The molecule has 0 bridgehead atoms. The highest BCUT2D eigenvalue weighted by molar-refractivity contribution is 6.36. The second kappa shape index (κ2) is 6.72. The van der Waals surface area contributed by atoms with Gasteiger partial charge in [-0.05, 0) is 6.42 Å². The average molecular weight is 271 g/mol. The number of hydrogen-bond donors (Lipinski definition) is 2. The lowest BCUT2D eigenvalue weighted by molar-refractivity contribution is -0.144. The Balaban J connectivity index is 2.62. The number of amides is 2. The molecule has 0 fully saturated rings. The number of hydrogen-bond acceptors (Lipinski definition) is 5. The Morgan fingerprint density at radius 1 is 1.53 bits per heavy atom. The van der Waals surface area contributed by atoms with Crippen LogP contribution in [0.4, 0.5) is 0 Å². The molecule has 106 valence electrons. The summed E-state index contributed by atoms with van der Waals surface area (Å²) in [5, 5.41) is 12.1. The molecule has 0 aromatic carbocycles. The van der Waals surface area contributed by atoms with E-state index in [1.54, 1.807) is 0 Å². The molecule has 1 unspecified atom stereocenters. The summed E-state index contributed by atoms with van der Waals surface area (Å²) in [6.45, 7) is 2.12. The van der Waals surface area contributed by atoms with E-state index in [0.717, 1.165) is 12.8 Å². The number of primary amides is 1. The summed E-state index contributed by atoms with van der Waals surface area (Å²) in [6, 6.07) is 0. The molecule has 1 heterocycles. The van der Waals surface area contributed by atoms with Gasteiger partial charge in [-0.2, -0.15) is 0 Å². The highest BCUT2D eigenvalue weighted by Crippen LogP contribution is 2.14. The van der Waals surface area contributed by atoms with E-state index in [1.807, 2.05) is 6.92 Å². The summed E-state index contributed by atoms with van der Waals surface area (Å²) >= 11 is 0. The molecule has 1 aliphatic heterocycles. The topological polar surface area (TPSA) is 122 Å². The number of aliphatic carboxylic acids is 1. The molecular formula is C11H17N3O5. The van der Waals surface area contributed by atoms with Gasteiger partial charge in [-0.25, -0.2) is 4.79 Å². The predicted octanol–water partition coefficient (Wildman–Crippen LogP) is -0.670. The number of nitrogens with two attached hydrogens (primary N) is 1. The van der Waals surface area contributed by atoms with Crippen molar-refractivity contribution in [3.05, 3.63) is 0 Å². The zero-order chi connectivity index (χ0) is 14.4. The van der Waals surface area contributed by atoms with E-state index >= 15 is 0 Å². The van der Waals surface area contributed by atoms with Gasteiger partial charge in [0, 0.05) is 13.0 Å². The molecule has 0 saturated carbocycles. The van der Waals surface area contributed by atoms with E-state index in [1.165, 1.54) is 4.90 Å². The second-order valence-electron chi connectivity index (χ2n) is 4.22. The molecule has 3 N–H and O–H groups in total. The molecule has 8 heteroatoms. The van der Waals surface area contributed by atoms with Crippen LogP contribution in [0.1, 0.15) is 26.2 Å². The van der Waals surface area contributed by atoms with Crippen LogP contribution in [0.25, 0.3) is 0 Å². The van der Waals surface area contributed by atoms with E-state index in [9.17, 15) is 14.4 Å². The quantitative estimate of drug-likeness (QED) is 0.635. The maximum Gasteiger partial charge on any atom is 0.353 e. The fourth-order valence-electron chi connectivity index (χ4n) is 1.64. The van der Waals surface area contributed by atoms with Crippen LogP contribution in [-0.4, -0.2) is 52.7 Å². The largest absolute Gasteiger partial charge is 0.477 e. The van der Waals surface area contributed by atoms with Crippen LogP contribution in [0.15, 0.2) is 5.16 Å². The summed E-state index contributed by atoms with van der Waals surface area (Å²) in [6.07, 6.45) is 0.487.